The zero-order valence-corrected chi connectivity index (χ0v) is 26.7. The van der Waals surface area contributed by atoms with Crippen molar-refractivity contribution in [3.63, 3.8) is 0 Å². The van der Waals surface area contributed by atoms with Gasteiger partial charge in [0.05, 0.1) is 17.1 Å². The molecule has 0 aliphatic rings. The second-order valence-corrected chi connectivity index (χ2v) is 17.9. The summed E-state index contributed by atoms with van der Waals surface area (Å²) in [5.41, 5.74) is 4.06. The first-order valence-corrected chi connectivity index (χ1v) is 18.5. The van der Waals surface area contributed by atoms with Crippen LogP contribution in [0.2, 0.25) is 25.7 Å². The Bertz CT molecular complexity index is 2010. The molecule has 11 heteroatoms. The summed E-state index contributed by atoms with van der Waals surface area (Å²) in [5.74, 6) is 1.23. The molecule has 0 unspecified atom stereocenters. The molecule has 6 rings (SSSR count). The lowest BCUT2D eigenvalue weighted by Gasteiger charge is -2.20. The minimum absolute atomic E-state index is 0.151. The summed E-state index contributed by atoms with van der Waals surface area (Å²) in [6.45, 7) is 11.8. The Morgan fingerprint density at radius 2 is 1.75 bits per heavy atom. The number of aryl methyl sites for hydroxylation is 1. The molecule has 0 fully saturated rings. The van der Waals surface area contributed by atoms with Gasteiger partial charge in [0.1, 0.15) is 35.8 Å². The summed E-state index contributed by atoms with van der Waals surface area (Å²) >= 11 is 0. The van der Waals surface area contributed by atoms with Gasteiger partial charge in [-0.1, -0.05) is 56.0 Å². The Morgan fingerprint density at radius 3 is 2.50 bits per heavy atom. The van der Waals surface area contributed by atoms with Crippen molar-refractivity contribution in [1.82, 2.24) is 28.7 Å². The average molecular weight is 608 g/mol. The average Bonchev–Trinajstić information content (AvgIpc) is 3.56. The first-order chi connectivity index (χ1) is 21.1. The fourth-order valence-electron chi connectivity index (χ4n) is 5.39. The Morgan fingerprint density at radius 1 is 1.00 bits per heavy atom. The second-order valence-electron chi connectivity index (χ2n) is 12.3. The maximum atomic E-state index is 13.9. The number of aromatic nitrogens is 6. The molecule has 10 nitrogen and oxygen atoms in total. The van der Waals surface area contributed by atoms with Crippen LogP contribution in [0.1, 0.15) is 24.4 Å². The van der Waals surface area contributed by atoms with Crippen LogP contribution in [-0.2, 0) is 11.5 Å². The van der Waals surface area contributed by atoms with Crippen LogP contribution in [0, 0.1) is 6.92 Å². The number of nitrogens with one attached hydrogen (secondary N) is 1. The highest BCUT2D eigenvalue weighted by molar-refractivity contribution is 6.76. The van der Waals surface area contributed by atoms with Gasteiger partial charge in [-0.15, -0.1) is 0 Å². The summed E-state index contributed by atoms with van der Waals surface area (Å²) < 4.78 is 11.3. The number of hydrogen-bond donors (Lipinski definition) is 2. The van der Waals surface area contributed by atoms with Crippen molar-refractivity contribution in [1.29, 1.82) is 0 Å². The third-order valence-corrected chi connectivity index (χ3v) is 9.45. The van der Waals surface area contributed by atoms with Gasteiger partial charge in [0.15, 0.2) is 5.82 Å². The molecule has 0 saturated carbocycles. The van der Waals surface area contributed by atoms with Crippen molar-refractivity contribution in [2.75, 3.05) is 11.9 Å². The number of phenolic OH excluding ortho intramolecular Hbond substituents is 1. The number of phenols is 1. The lowest BCUT2D eigenvalue weighted by molar-refractivity contribution is 0.0899. The van der Waals surface area contributed by atoms with E-state index < -0.39 is 14.1 Å². The van der Waals surface area contributed by atoms with E-state index in [2.05, 4.69) is 34.9 Å². The molecule has 2 aromatic carbocycles. The number of nitrogens with zero attached hydrogens (tertiary/aromatic N) is 6. The summed E-state index contributed by atoms with van der Waals surface area (Å²) in [5, 5.41) is 20.0. The van der Waals surface area contributed by atoms with E-state index in [1.807, 2.05) is 73.1 Å². The van der Waals surface area contributed by atoms with Gasteiger partial charge in [0, 0.05) is 38.2 Å². The van der Waals surface area contributed by atoms with Crippen molar-refractivity contribution < 1.29 is 9.84 Å². The number of aromatic hydroxyl groups is 1. The van der Waals surface area contributed by atoms with E-state index in [0.717, 1.165) is 28.2 Å². The van der Waals surface area contributed by atoms with Gasteiger partial charge in [-0.05, 0) is 49.7 Å². The molecule has 0 spiro atoms. The molecular formula is C33H37N7O3Si. The monoisotopic (exact) mass is 607 g/mol. The van der Waals surface area contributed by atoms with Gasteiger partial charge in [-0.25, -0.2) is 14.5 Å². The predicted molar refractivity (Wildman–Crippen MR) is 176 cm³/mol. The van der Waals surface area contributed by atoms with E-state index in [1.54, 1.807) is 27.4 Å². The molecule has 0 amide bonds. The first-order valence-electron chi connectivity index (χ1n) is 14.7. The van der Waals surface area contributed by atoms with Gasteiger partial charge in [-0.3, -0.25) is 9.36 Å². The van der Waals surface area contributed by atoms with Crippen LogP contribution >= 0.6 is 0 Å². The molecule has 0 aliphatic heterocycles. The SMILES string of the molecule is Cc1ccn2nc([C@H](C)Nc3ncnc4c3c(-c3ccccc3O)cn4COCC[Si](C)(C)C)n(-c3ccccc3)c(=O)c12. The van der Waals surface area contributed by atoms with Crippen LogP contribution in [0.15, 0.2) is 84.2 Å². The van der Waals surface area contributed by atoms with Crippen molar-refractivity contribution in [2.24, 2.45) is 0 Å². The predicted octanol–water partition coefficient (Wildman–Crippen LogP) is 6.40. The Hall–Kier alpha value is -4.74. The minimum atomic E-state index is -1.25. The van der Waals surface area contributed by atoms with Crippen LogP contribution in [-0.4, -0.2) is 48.5 Å². The Labute approximate surface area is 256 Å². The Kier molecular flexibility index (Phi) is 7.83. The largest absolute Gasteiger partial charge is 0.507 e. The van der Waals surface area contributed by atoms with Gasteiger partial charge in [0.2, 0.25) is 0 Å². The third-order valence-electron chi connectivity index (χ3n) is 7.74. The zero-order valence-electron chi connectivity index (χ0n) is 25.7. The minimum Gasteiger partial charge on any atom is -0.507 e. The highest BCUT2D eigenvalue weighted by atomic mass is 28.3. The highest BCUT2D eigenvalue weighted by Gasteiger charge is 2.23. The molecule has 0 aliphatic carbocycles. The fraction of sp³-hybridized carbons (Fsp3) is 0.273. The summed E-state index contributed by atoms with van der Waals surface area (Å²) in [6.07, 6.45) is 5.27. The van der Waals surface area contributed by atoms with Crippen molar-refractivity contribution in [2.45, 2.75) is 52.3 Å². The molecule has 6 aromatic rings. The molecule has 0 radical (unpaired) electrons. The van der Waals surface area contributed by atoms with Crippen LogP contribution in [0.5, 0.6) is 5.75 Å². The van der Waals surface area contributed by atoms with Crippen LogP contribution < -0.4 is 10.9 Å². The molecule has 0 bridgehead atoms. The number of rotatable bonds is 10. The third kappa shape index (κ3) is 5.63. The smallest absolute Gasteiger partial charge is 0.282 e. The van der Waals surface area contributed by atoms with Crippen LogP contribution in [0.4, 0.5) is 5.82 Å². The fourth-order valence-corrected chi connectivity index (χ4v) is 6.14. The maximum absolute atomic E-state index is 13.9. The molecule has 4 heterocycles. The summed E-state index contributed by atoms with van der Waals surface area (Å²) in [7, 11) is -1.25. The number of anilines is 1. The molecule has 1 atom stereocenters. The lowest BCUT2D eigenvalue weighted by Crippen LogP contribution is -2.29. The number of benzene rings is 2. The molecule has 44 heavy (non-hydrogen) atoms. The number of ether oxygens (including phenoxy) is 1. The number of hydrogen-bond acceptors (Lipinski definition) is 7. The summed E-state index contributed by atoms with van der Waals surface area (Å²) in [4.78, 5) is 23.2. The molecular weight excluding hydrogens is 570 g/mol. The van der Waals surface area contributed by atoms with E-state index in [9.17, 15) is 9.90 Å². The highest BCUT2D eigenvalue weighted by Crippen LogP contribution is 2.38. The normalized spacial score (nSPS) is 12.7. The molecule has 4 aromatic heterocycles. The van der Waals surface area contributed by atoms with Crippen molar-refractivity contribution >= 4 is 30.4 Å². The van der Waals surface area contributed by atoms with E-state index in [-0.39, 0.29) is 11.3 Å². The van der Waals surface area contributed by atoms with E-state index >= 15 is 0 Å². The maximum Gasteiger partial charge on any atom is 0.282 e. The van der Waals surface area contributed by atoms with Gasteiger partial charge < -0.3 is 19.7 Å². The van der Waals surface area contributed by atoms with Gasteiger partial charge in [0.25, 0.3) is 5.56 Å². The molecule has 226 valence electrons. The van der Waals surface area contributed by atoms with Crippen LogP contribution in [0.25, 0.3) is 33.4 Å². The number of para-hydroxylation sites is 2. The Balaban J connectivity index is 1.45. The van der Waals surface area contributed by atoms with Crippen LogP contribution in [0.3, 0.4) is 0 Å². The molecule has 2 N–H and O–H groups in total. The summed E-state index contributed by atoms with van der Waals surface area (Å²) in [6, 6.07) is 19.2. The standard InChI is InChI=1S/C33H37N7O3Si/c1-22-15-16-39-29(22)33(42)40(24-11-7-6-8-12-24)31(37-39)23(2)36-30-28-26(25-13-9-10-14-27(25)41)19-38(32(28)35-20-34-30)21-43-17-18-44(3,4)5/h6-16,19-20,23,41H,17-18,21H2,1-5H3,(H,34,35,36)/t23-/m0/s1. The quantitative estimate of drug-likeness (QED) is 0.137. The first kappa shape index (κ1) is 29.3. The van der Waals surface area contributed by atoms with E-state index in [1.165, 1.54) is 6.33 Å². The van der Waals surface area contributed by atoms with Crippen molar-refractivity contribution in [3.05, 3.63) is 101 Å². The van der Waals surface area contributed by atoms with Gasteiger partial charge >= 0.3 is 0 Å². The molecule has 0 saturated heterocycles. The van der Waals surface area contributed by atoms with Crippen molar-refractivity contribution in [3.8, 4) is 22.6 Å². The topological polar surface area (TPSA) is 112 Å². The van der Waals surface area contributed by atoms with E-state index in [0.29, 0.717) is 41.7 Å². The number of fused-ring (bicyclic) bond motifs is 2. The lowest BCUT2D eigenvalue weighted by atomic mass is 10.0. The zero-order chi connectivity index (χ0) is 31.0. The second kappa shape index (κ2) is 11.7. The van der Waals surface area contributed by atoms with E-state index in [4.69, 9.17) is 9.84 Å². The van der Waals surface area contributed by atoms with Gasteiger partial charge in [-0.2, -0.15) is 5.10 Å².